The van der Waals surface area contributed by atoms with E-state index in [-0.39, 0.29) is 18.1 Å². The first-order valence-corrected chi connectivity index (χ1v) is 8.44. The summed E-state index contributed by atoms with van der Waals surface area (Å²) in [5.41, 5.74) is 2.46. The average Bonchev–Trinajstić information content (AvgIpc) is 2.52. The molecule has 0 spiro atoms. The molecule has 2 aromatic rings. The third-order valence-electron chi connectivity index (χ3n) is 3.21. The number of amides is 1. The predicted octanol–water partition coefficient (Wildman–Crippen LogP) is 2.52. The van der Waals surface area contributed by atoms with Crippen LogP contribution in [0.5, 0.6) is 0 Å². The van der Waals surface area contributed by atoms with Crippen molar-refractivity contribution in [1.82, 2.24) is 15.3 Å². The zero-order valence-electron chi connectivity index (χ0n) is 13.5. The lowest BCUT2D eigenvalue weighted by Crippen LogP contribution is -2.31. The van der Waals surface area contributed by atoms with Gasteiger partial charge in [0.2, 0.25) is 5.91 Å². The largest absolute Gasteiger partial charge is 0.481 e. The number of nitrogens with zero attached hydrogens (tertiary/aromatic N) is 2. The van der Waals surface area contributed by atoms with Crippen LogP contribution in [-0.4, -0.2) is 32.7 Å². The molecule has 24 heavy (non-hydrogen) atoms. The van der Waals surface area contributed by atoms with E-state index in [4.69, 9.17) is 5.11 Å². The molecule has 0 aliphatic rings. The number of carbonyl (C=O) groups is 2. The monoisotopic (exact) mass is 345 g/mol. The molecule has 1 aromatic heterocycles. The first-order chi connectivity index (χ1) is 11.4. The van der Waals surface area contributed by atoms with Crippen molar-refractivity contribution in [2.45, 2.75) is 31.5 Å². The van der Waals surface area contributed by atoms with Gasteiger partial charge in [0.1, 0.15) is 0 Å². The maximum absolute atomic E-state index is 12.2. The van der Waals surface area contributed by atoms with Crippen LogP contribution in [0.25, 0.3) is 0 Å². The van der Waals surface area contributed by atoms with Crippen molar-refractivity contribution >= 4 is 23.6 Å². The highest BCUT2D eigenvalue weighted by molar-refractivity contribution is 7.99. The Morgan fingerprint density at radius 1 is 1.17 bits per heavy atom. The normalized spacial score (nSPS) is 11.8. The van der Waals surface area contributed by atoms with Gasteiger partial charge < -0.3 is 10.4 Å². The molecule has 0 saturated carbocycles. The van der Waals surface area contributed by atoms with Crippen LogP contribution in [0.1, 0.15) is 29.4 Å². The summed E-state index contributed by atoms with van der Waals surface area (Å²) in [5.74, 6) is -1.08. The number of rotatable bonds is 7. The summed E-state index contributed by atoms with van der Waals surface area (Å²) < 4.78 is 0. The molecule has 7 heteroatoms. The average molecular weight is 345 g/mol. The van der Waals surface area contributed by atoms with E-state index < -0.39 is 12.0 Å². The van der Waals surface area contributed by atoms with Crippen LogP contribution in [0.3, 0.4) is 0 Å². The van der Waals surface area contributed by atoms with Gasteiger partial charge in [0, 0.05) is 11.4 Å². The second-order valence-electron chi connectivity index (χ2n) is 5.35. The van der Waals surface area contributed by atoms with Crippen molar-refractivity contribution in [1.29, 1.82) is 0 Å². The molecule has 0 aliphatic heterocycles. The highest BCUT2D eigenvalue weighted by atomic mass is 32.2. The summed E-state index contributed by atoms with van der Waals surface area (Å²) in [5, 5.41) is 12.4. The number of carboxylic acids is 1. The van der Waals surface area contributed by atoms with Crippen molar-refractivity contribution in [3.8, 4) is 0 Å². The molecule has 126 valence electrons. The van der Waals surface area contributed by atoms with Crippen LogP contribution < -0.4 is 5.32 Å². The SMILES string of the molecule is Cc1cc(C)nc(SCC(=O)NC(CC(=O)O)c2ccccc2)n1. The van der Waals surface area contributed by atoms with E-state index >= 15 is 0 Å². The van der Waals surface area contributed by atoms with Gasteiger partial charge in [-0.05, 0) is 25.5 Å². The molecule has 1 unspecified atom stereocenters. The Hall–Kier alpha value is -2.41. The lowest BCUT2D eigenvalue weighted by molar-refractivity contribution is -0.137. The lowest BCUT2D eigenvalue weighted by Gasteiger charge is -2.17. The van der Waals surface area contributed by atoms with Crippen LogP contribution in [0.4, 0.5) is 0 Å². The fourth-order valence-corrected chi connectivity index (χ4v) is 3.00. The van der Waals surface area contributed by atoms with Gasteiger partial charge in [-0.2, -0.15) is 0 Å². The van der Waals surface area contributed by atoms with Gasteiger partial charge in [0.25, 0.3) is 0 Å². The number of aliphatic carboxylic acids is 1. The van der Waals surface area contributed by atoms with Gasteiger partial charge in [-0.15, -0.1) is 0 Å². The quantitative estimate of drug-likeness (QED) is 0.592. The first kappa shape index (κ1) is 17.9. The fraction of sp³-hybridized carbons (Fsp3) is 0.294. The molecule has 6 nitrogen and oxygen atoms in total. The summed E-state index contributed by atoms with van der Waals surface area (Å²) in [6, 6.07) is 10.4. The smallest absolute Gasteiger partial charge is 0.305 e. The topological polar surface area (TPSA) is 92.2 Å². The van der Waals surface area contributed by atoms with E-state index in [9.17, 15) is 9.59 Å². The van der Waals surface area contributed by atoms with E-state index in [1.807, 2.05) is 38.1 Å². The summed E-state index contributed by atoms with van der Waals surface area (Å²) in [6.07, 6.45) is -0.166. The van der Waals surface area contributed by atoms with Crippen molar-refractivity contribution in [3.05, 3.63) is 53.3 Å². The maximum Gasteiger partial charge on any atom is 0.305 e. The number of hydrogen-bond donors (Lipinski definition) is 2. The van der Waals surface area contributed by atoms with Crippen molar-refractivity contribution in [2.75, 3.05) is 5.75 Å². The number of aryl methyl sites for hydroxylation is 2. The van der Waals surface area contributed by atoms with Gasteiger partial charge in [0.15, 0.2) is 5.16 Å². The molecule has 0 aliphatic carbocycles. The van der Waals surface area contributed by atoms with Crippen molar-refractivity contribution in [2.24, 2.45) is 0 Å². The van der Waals surface area contributed by atoms with E-state index in [1.54, 1.807) is 12.1 Å². The second-order valence-corrected chi connectivity index (χ2v) is 6.29. The van der Waals surface area contributed by atoms with Gasteiger partial charge in [0.05, 0.1) is 18.2 Å². The predicted molar refractivity (Wildman–Crippen MR) is 91.8 cm³/mol. The highest BCUT2D eigenvalue weighted by Gasteiger charge is 2.18. The van der Waals surface area contributed by atoms with E-state index in [0.717, 1.165) is 17.0 Å². The zero-order chi connectivity index (χ0) is 17.5. The Balaban J connectivity index is 1.98. The standard InChI is InChI=1S/C17H19N3O3S/c1-11-8-12(2)19-17(18-11)24-10-15(21)20-14(9-16(22)23)13-6-4-3-5-7-13/h3-8,14H,9-10H2,1-2H3,(H,20,21)(H,22,23). The maximum atomic E-state index is 12.2. The summed E-state index contributed by atoms with van der Waals surface area (Å²) in [6.45, 7) is 3.74. The summed E-state index contributed by atoms with van der Waals surface area (Å²) >= 11 is 1.23. The molecule has 1 aromatic carbocycles. The summed E-state index contributed by atoms with van der Waals surface area (Å²) in [7, 11) is 0. The molecular weight excluding hydrogens is 326 g/mol. The second kappa shape index (κ2) is 8.44. The minimum atomic E-state index is -0.963. The van der Waals surface area contributed by atoms with Gasteiger partial charge >= 0.3 is 5.97 Å². The van der Waals surface area contributed by atoms with Crippen LogP contribution in [0.15, 0.2) is 41.6 Å². The molecule has 0 saturated heterocycles. The van der Waals surface area contributed by atoms with E-state index in [2.05, 4.69) is 15.3 Å². The molecule has 0 bridgehead atoms. The third kappa shape index (κ3) is 5.66. The number of hydrogen-bond acceptors (Lipinski definition) is 5. The zero-order valence-corrected chi connectivity index (χ0v) is 14.3. The fourth-order valence-electron chi connectivity index (χ4n) is 2.24. The molecule has 0 radical (unpaired) electrons. The first-order valence-electron chi connectivity index (χ1n) is 7.45. The highest BCUT2D eigenvalue weighted by Crippen LogP contribution is 2.18. The van der Waals surface area contributed by atoms with E-state index in [0.29, 0.717) is 5.16 Å². The van der Waals surface area contributed by atoms with Crippen molar-refractivity contribution in [3.63, 3.8) is 0 Å². The molecule has 2 rings (SSSR count). The number of nitrogens with one attached hydrogen (secondary N) is 1. The molecule has 1 amide bonds. The number of aromatic nitrogens is 2. The Bertz CT molecular complexity index is 702. The number of carbonyl (C=O) groups excluding carboxylic acids is 1. The Morgan fingerprint density at radius 3 is 2.38 bits per heavy atom. The minimum Gasteiger partial charge on any atom is -0.481 e. The molecule has 0 fully saturated rings. The summed E-state index contributed by atoms with van der Waals surface area (Å²) in [4.78, 5) is 31.8. The number of carboxylic acid groups (broad SMARTS) is 1. The number of benzene rings is 1. The lowest BCUT2D eigenvalue weighted by atomic mass is 10.0. The van der Waals surface area contributed by atoms with Crippen LogP contribution in [-0.2, 0) is 9.59 Å². The molecule has 1 atom stereocenters. The molecule has 2 N–H and O–H groups in total. The van der Waals surface area contributed by atoms with Gasteiger partial charge in [-0.3, -0.25) is 9.59 Å². The molecule has 1 heterocycles. The third-order valence-corrected chi connectivity index (χ3v) is 4.06. The van der Waals surface area contributed by atoms with Crippen LogP contribution >= 0.6 is 11.8 Å². The van der Waals surface area contributed by atoms with Gasteiger partial charge in [-0.1, -0.05) is 42.1 Å². The van der Waals surface area contributed by atoms with Gasteiger partial charge in [-0.25, -0.2) is 9.97 Å². The molecular formula is C17H19N3O3S. The van der Waals surface area contributed by atoms with Crippen LogP contribution in [0, 0.1) is 13.8 Å². The van der Waals surface area contributed by atoms with E-state index in [1.165, 1.54) is 11.8 Å². The Labute approximate surface area is 144 Å². The Kier molecular flexibility index (Phi) is 6.31. The number of thioether (sulfide) groups is 1. The minimum absolute atomic E-state index is 0.131. The Morgan fingerprint density at radius 2 is 1.79 bits per heavy atom. The van der Waals surface area contributed by atoms with Crippen LogP contribution in [0.2, 0.25) is 0 Å². The van der Waals surface area contributed by atoms with Crippen molar-refractivity contribution < 1.29 is 14.7 Å².